The zero-order valence-corrected chi connectivity index (χ0v) is 22.7. The van der Waals surface area contributed by atoms with Gasteiger partial charge in [0.1, 0.15) is 0 Å². The highest BCUT2D eigenvalue weighted by atomic mass is 35.5. The van der Waals surface area contributed by atoms with E-state index >= 15 is 0 Å². The van der Waals surface area contributed by atoms with Crippen molar-refractivity contribution in [3.8, 4) is 17.3 Å². The molecule has 5 aromatic rings. The van der Waals surface area contributed by atoms with Gasteiger partial charge in [-0.2, -0.15) is 5.26 Å². The summed E-state index contributed by atoms with van der Waals surface area (Å²) in [6.07, 6.45) is 1.17. The molecule has 0 aliphatic rings. The molecule has 5 rings (SSSR count). The first-order valence-corrected chi connectivity index (χ1v) is 13.4. The molecule has 1 heterocycles. The van der Waals surface area contributed by atoms with Gasteiger partial charge >= 0.3 is 5.97 Å². The molecule has 0 atom stereocenters. The number of carboxylic acids is 1. The lowest BCUT2D eigenvalue weighted by molar-refractivity contribution is -0.136. The Balaban J connectivity index is 1.42. The van der Waals surface area contributed by atoms with Crippen molar-refractivity contribution in [2.45, 2.75) is 25.8 Å². The second-order valence-electron chi connectivity index (χ2n) is 9.61. The summed E-state index contributed by atoms with van der Waals surface area (Å²) in [4.78, 5) is 34.0. The SMILES string of the molecule is N#Cc1ccc(CNC(=O)c2ccc3nc(-c4ccc(Cl)cc4)c(CCc4cccc(CC(=O)O)c4)nc3c2)cc1. The molecular weight excluding hydrogens is 536 g/mol. The predicted octanol–water partition coefficient (Wildman–Crippen LogP) is 6.16. The minimum absolute atomic E-state index is 0.0321. The molecule has 2 N–H and O–H groups in total. The number of carbonyl (C=O) groups excluding carboxylic acids is 1. The summed E-state index contributed by atoms with van der Waals surface area (Å²) in [7, 11) is 0. The molecule has 0 unspecified atom stereocenters. The molecule has 0 spiro atoms. The minimum atomic E-state index is -0.871. The first-order chi connectivity index (χ1) is 19.9. The highest BCUT2D eigenvalue weighted by Gasteiger charge is 2.14. The van der Waals surface area contributed by atoms with E-state index in [0.29, 0.717) is 46.6 Å². The fraction of sp³-hybridized carbons (Fsp3) is 0.121. The molecule has 202 valence electrons. The van der Waals surface area contributed by atoms with E-state index in [1.165, 1.54) is 0 Å². The van der Waals surface area contributed by atoms with Gasteiger partial charge in [0.25, 0.3) is 5.91 Å². The van der Waals surface area contributed by atoms with Crippen LogP contribution in [0.4, 0.5) is 0 Å². The quantitative estimate of drug-likeness (QED) is 0.223. The van der Waals surface area contributed by atoms with Crippen molar-refractivity contribution < 1.29 is 14.7 Å². The first-order valence-electron chi connectivity index (χ1n) is 13.0. The van der Waals surface area contributed by atoms with E-state index < -0.39 is 5.97 Å². The second kappa shape index (κ2) is 12.4. The number of nitriles is 1. The Morgan fingerprint density at radius 1 is 0.829 bits per heavy atom. The summed E-state index contributed by atoms with van der Waals surface area (Å²) in [6, 6.07) is 29.4. The molecule has 41 heavy (non-hydrogen) atoms. The van der Waals surface area contributed by atoms with Crippen LogP contribution >= 0.6 is 11.6 Å². The monoisotopic (exact) mass is 560 g/mol. The van der Waals surface area contributed by atoms with Crippen LogP contribution in [0.2, 0.25) is 5.02 Å². The Morgan fingerprint density at radius 3 is 2.32 bits per heavy atom. The lowest BCUT2D eigenvalue weighted by Crippen LogP contribution is -2.22. The molecule has 0 saturated carbocycles. The van der Waals surface area contributed by atoms with E-state index in [1.54, 1.807) is 36.4 Å². The molecule has 7 nitrogen and oxygen atoms in total. The number of aromatic nitrogens is 2. The number of nitrogens with zero attached hydrogens (tertiary/aromatic N) is 3. The number of hydrogen-bond acceptors (Lipinski definition) is 5. The van der Waals surface area contributed by atoms with Gasteiger partial charge in [0.05, 0.1) is 40.5 Å². The van der Waals surface area contributed by atoms with E-state index in [0.717, 1.165) is 33.6 Å². The van der Waals surface area contributed by atoms with Crippen molar-refractivity contribution in [3.63, 3.8) is 0 Å². The standard InChI is InChI=1S/C33H25ClN4O3/c34-27-12-9-25(10-13-27)32-29(14-8-21-2-1-3-24(16-21)17-31(39)40)37-30-18-26(11-15-28(30)38-32)33(41)36-20-23-6-4-22(19-35)5-7-23/h1-7,9-13,15-16,18H,8,14,17,20H2,(H,36,41)(H,39,40). The Hall–Kier alpha value is -5.06. The summed E-state index contributed by atoms with van der Waals surface area (Å²) in [5, 5.41) is 21.7. The average molecular weight is 561 g/mol. The van der Waals surface area contributed by atoms with Crippen molar-refractivity contribution in [3.05, 3.63) is 130 Å². The van der Waals surface area contributed by atoms with Crippen LogP contribution in [-0.4, -0.2) is 27.0 Å². The summed E-state index contributed by atoms with van der Waals surface area (Å²) in [6.45, 7) is 0.329. The van der Waals surface area contributed by atoms with Gasteiger partial charge in [-0.1, -0.05) is 60.1 Å². The molecule has 4 aromatic carbocycles. The Morgan fingerprint density at radius 2 is 1.59 bits per heavy atom. The highest BCUT2D eigenvalue weighted by Crippen LogP contribution is 2.27. The van der Waals surface area contributed by atoms with Crippen LogP contribution in [0.1, 0.15) is 38.3 Å². The Kier molecular flexibility index (Phi) is 8.33. The topological polar surface area (TPSA) is 116 Å². The molecule has 0 aliphatic carbocycles. The Bertz CT molecular complexity index is 1780. The maximum Gasteiger partial charge on any atom is 0.307 e. The van der Waals surface area contributed by atoms with Gasteiger partial charge in [0.15, 0.2) is 0 Å². The number of carboxylic acid groups (broad SMARTS) is 1. The van der Waals surface area contributed by atoms with Gasteiger partial charge in [-0.15, -0.1) is 0 Å². The summed E-state index contributed by atoms with van der Waals surface area (Å²) in [5.74, 6) is -1.11. The van der Waals surface area contributed by atoms with Crippen molar-refractivity contribution in [1.29, 1.82) is 5.26 Å². The average Bonchev–Trinajstić information content (AvgIpc) is 2.98. The van der Waals surface area contributed by atoms with Gasteiger partial charge in [-0.3, -0.25) is 9.59 Å². The van der Waals surface area contributed by atoms with Gasteiger partial charge in [-0.05, 0) is 72.0 Å². The smallest absolute Gasteiger partial charge is 0.307 e. The molecule has 0 saturated heterocycles. The van der Waals surface area contributed by atoms with E-state index in [4.69, 9.17) is 31.9 Å². The predicted molar refractivity (Wildman–Crippen MR) is 158 cm³/mol. The lowest BCUT2D eigenvalue weighted by atomic mass is 10.0. The van der Waals surface area contributed by atoms with Gasteiger partial charge < -0.3 is 10.4 Å². The normalized spacial score (nSPS) is 10.7. The number of halogens is 1. The molecule has 0 fully saturated rings. The minimum Gasteiger partial charge on any atom is -0.481 e. The van der Waals surface area contributed by atoms with Crippen LogP contribution < -0.4 is 5.32 Å². The maximum atomic E-state index is 12.9. The number of amides is 1. The summed E-state index contributed by atoms with van der Waals surface area (Å²) in [5.41, 5.74) is 7.30. The second-order valence-corrected chi connectivity index (χ2v) is 10.0. The molecular formula is C33H25ClN4O3. The number of fused-ring (bicyclic) bond motifs is 1. The summed E-state index contributed by atoms with van der Waals surface area (Å²) >= 11 is 6.12. The third kappa shape index (κ3) is 6.93. The Labute approximate surface area is 242 Å². The van der Waals surface area contributed by atoms with Crippen LogP contribution in [0.15, 0.2) is 91.0 Å². The van der Waals surface area contributed by atoms with E-state index in [2.05, 4.69) is 11.4 Å². The molecule has 0 bridgehead atoms. The van der Waals surface area contributed by atoms with Gasteiger partial charge in [-0.25, -0.2) is 9.97 Å². The van der Waals surface area contributed by atoms with Crippen molar-refractivity contribution in [2.75, 3.05) is 0 Å². The van der Waals surface area contributed by atoms with E-state index in [1.807, 2.05) is 54.6 Å². The molecule has 1 amide bonds. The van der Waals surface area contributed by atoms with Crippen LogP contribution in [0.25, 0.3) is 22.3 Å². The number of carbonyl (C=O) groups is 2. The van der Waals surface area contributed by atoms with Gasteiger partial charge in [0, 0.05) is 22.7 Å². The van der Waals surface area contributed by atoms with E-state index in [-0.39, 0.29) is 12.3 Å². The molecule has 0 radical (unpaired) electrons. The molecule has 1 aromatic heterocycles. The van der Waals surface area contributed by atoms with Crippen LogP contribution in [0.3, 0.4) is 0 Å². The first kappa shape index (κ1) is 27.5. The number of hydrogen-bond donors (Lipinski definition) is 2. The number of benzene rings is 4. The highest BCUT2D eigenvalue weighted by molar-refractivity contribution is 6.30. The van der Waals surface area contributed by atoms with Crippen LogP contribution in [0, 0.1) is 11.3 Å². The third-order valence-corrected chi connectivity index (χ3v) is 6.90. The van der Waals surface area contributed by atoms with Crippen LogP contribution in [-0.2, 0) is 30.6 Å². The fourth-order valence-corrected chi connectivity index (χ4v) is 4.69. The number of rotatable bonds is 9. The van der Waals surface area contributed by atoms with Crippen LogP contribution in [0.5, 0.6) is 0 Å². The number of aryl methyl sites for hydroxylation is 2. The molecule has 0 aliphatic heterocycles. The maximum absolute atomic E-state index is 12.9. The largest absolute Gasteiger partial charge is 0.481 e. The van der Waals surface area contributed by atoms with Crippen molar-refractivity contribution in [2.24, 2.45) is 0 Å². The molecule has 8 heteroatoms. The zero-order valence-electron chi connectivity index (χ0n) is 22.0. The van der Waals surface area contributed by atoms with E-state index in [9.17, 15) is 9.59 Å². The number of nitrogens with one attached hydrogen (secondary N) is 1. The fourth-order valence-electron chi connectivity index (χ4n) is 4.56. The van der Waals surface area contributed by atoms with Crippen molar-refractivity contribution in [1.82, 2.24) is 15.3 Å². The number of aliphatic carboxylic acids is 1. The third-order valence-electron chi connectivity index (χ3n) is 6.65. The summed E-state index contributed by atoms with van der Waals surface area (Å²) < 4.78 is 0. The lowest BCUT2D eigenvalue weighted by Gasteiger charge is -2.12. The zero-order chi connectivity index (χ0) is 28.8. The van der Waals surface area contributed by atoms with Gasteiger partial charge in [0.2, 0.25) is 0 Å². The van der Waals surface area contributed by atoms with Crippen molar-refractivity contribution >= 4 is 34.5 Å².